The van der Waals surface area contributed by atoms with Crippen molar-refractivity contribution in [2.24, 2.45) is 0 Å². The summed E-state index contributed by atoms with van der Waals surface area (Å²) in [6.45, 7) is 2.02. The average molecular weight is 273 g/mol. The van der Waals surface area contributed by atoms with Gasteiger partial charge in [0, 0.05) is 5.56 Å². The zero-order valence-corrected chi connectivity index (χ0v) is 11.0. The van der Waals surface area contributed by atoms with Crippen LogP contribution in [0.15, 0.2) is 24.3 Å². The molecule has 6 heteroatoms. The van der Waals surface area contributed by atoms with Crippen LogP contribution in [0.1, 0.15) is 22.2 Å². The second-order valence-corrected chi connectivity index (χ2v) is 4.67. The Hall–Kier alpha value is -2.39. The number of nitrogens with two attached hydrogens (primary N) is 1. The molecule has 0 aliphatic carbocycles. The Kier molecular flexibility index (Phi) is 3.78. The fourth-order valence-corrected chi connectivity index (χ4v) is 2.35. The number of ether oxygens (including phenoxy) is 1. The van der Waals surface area contributed by atoms with Gasteiger partial charge in [-0.3, -0.25) is 0 Å². The first-order chi connectivity index (χ1) is 9.15. The monoisotopic (exact) mass is 273 g/mol. The van der Waals surface area contributed by atoms with Crippen LogP contribution in [0.4, 0.5) is 5.13 Å². The van der Waals surface area contributed by atoms with Crippen molar-refractivity contribution in [3.05, 3.63) is 34.7 Å². The van der Waals surface area contributed by atoms with Crippen molar-refractivity contribution in [1.29, 1.82) is 5.26 Å². The van der Waals surface area contributed by atoms with Gasteiger partial charge in [-0.15, -0.1) is 0 Å². The van der Waals surface area contributed by atoms with Crippen LogP contribution in [0.5, 0.6) is 0 Å². The molecule has 0 saturated carbocycles. The van der Waals surface area contributed by atoms with Gasteiger partial charge in [-0.2, -0.15) is 5.26 Å². The maximum Gasteiger partial charge on any atom is 0.350 e. The number of thiazole rings is 1. The number of esters is 1. The third-order valence-electron chi connectivity index (χ3n) is 2.37. The van der Waals surface area contributed by atoms with Crippen molar-refractivity contribution in [2.45, 2.75) is 6.92 Å². The fraction of sp³-hybridized carbons (Fsp3) is 0.154. The second-order valence-electron chi connectivity index (χ2n) is 3.64. The van der Waals surface area contributed by atoms with E-state index in [-0.39, 0.29) is 6.61 Å². The summed E-state index contributed by atoms with van der Waals surface area (Å²) in [5.74, 6) is -0.450. The fourth-order valence-electron chi connectivity index (χ4n) is 1.60. The van der Waals surface area contributed by atoms with E-state index in [4.69, 9.17) is 15.7 Å². The number of nitrogens with zero attached hydrogens (tertiary/aromatic N) is 2. The predicted molar refractivity (Wildman–Crippen MR) is 72.6 cm³/mol. The highest BCUT2D eigenvalue weighted by Crippen LogP contribution is 2.30. The molecule has 1 aromatic carbocycles. The Bertz CT molecular complexity index is 658. The van der Waals surface area contributed by atoms with Gasteiger partial charge >= 0.3 is 5.97 Å². The van der Waals surface area contributed by atoms with Crippen molar-refractivity contribution in [1.82, 2.24) is 4.98 Å². The minimum Gasteiger partial charge on any atom is -0.462 e. The third-order valence-corrected chi connectivity index (χ3v) is 3.23. The Morgan fingerprint density at radius 3 is 3.05 bits per heavy atom. The predicted octanol–water partition coefficient (Wildman–Crippen LogP) is 2.44. The number of rotatable bonds is 3. The molecule has 0 bridgehead atoms. The molecule has 0 fully saturated rings. The molecule has 0 aliphatic heterocycles. The molecule has 0 amide bonds. The van der Waals surface area contributed by atoms with E-state index in [1.165, 1.54) is 0 Å². The minimum atomic E-state index is -0.450. The molecule has 5 nitrogen and oxygen atoms in total. The number of benzene rings is 1. The minimum absolute atomic E-state index is 0.286. The molecule has 1 heterocycles. The molecule has 2 N–H and O–H groups in total. The number of carbonyl (C=O) groups is 1. The van der Waals surface area contributed by atoms with E-state index >= 15 is 0 Å². The van der Waals surface area contributed by atoms with Gasteiger partial charge in [-0.05, 0) is 19.1 Å². The normalized spacial score (nSPS) is 9.89. The Balaban J connectivity index is 2.50. The first kappa shape index (κ1) is 13.1. The van der Waals surface area contributed by atoms with Crippen molar-refractivity contribution < 1.29 is 9.53 Å². The number of carbonyl (C=O) groups excluding carboxylic acids is 1. The summed E-state index contributed by atoms with van der Waals surface area (Å²) in [5.41, 5.74) is 7.29. The number of hydrogen-bond acceptors (Lipinski definition) is 6. The molecule has 0 radical (unpaired) electrons. The Morgan fingerprint density at radius 1 is 1.58 bits per heavy atom. The SMILES string of the molecule is CCOC(=O)c1sc(N)nc1-c1cccc(C#N)c1. The lowest BCUT2D eigenvalue weighted by molar-refractivity contribution is 0.0532. The second kappa shape index (κ2) is 5.50. The highest BCUT2D eigenvalue weighted by atomic mass is 32.1. The van der Waals surface area contributed by atoms with Gasteiger partial charge in [0.1, 0.15) is 4.88 Å². The van der Waals surface area contributed by atoms with Crippen LogP contribution in [-0.2, 0) is 4.74 Å². The van der Waals surface area contributed by atoms with Gasteiger partial charge < -0.3 is 10.5 Å². The van der Waals surface area contributed by atoms with Crippen LogP contribution in [-0.4, -0.2) is 17.6 Å². The molecular weight excluding hydrogens is 262 g/mol. The molecule has 0 saturated heterocycles. The van der Waals surface area contributed by atoms with Crippen molar-refractivity contribution in [3.8, 4) is 17.3 Å². The van der Waals surface area contributed by atoms with Crippen LogP contribution in [0.3, 0.4) is 0 Å². The Morgan fingerprint density at radius 2 is 2.37 bits per heavy atom. The summed E-state index contributed by atoms with van der Waals surface area (Å²) in [7, 11) is 0. The van der Waals surface area contributed by atoms with Crippen LogP contribution in [0.25, 0.3) is 11.3 Å². The van der Waals surface area contributed by atoms with Crippen molar-refractivity contribution in [3.63, 3.8) is 0 Å². The summed E-state index contributed by atoms with van der Waals surface area (Å²) >= 11 is 1.08. The zero-order chi connectivity index (χ0) is 13.8. The van der Waals surface area contributed by atoms with E-state index < -0.39 is 5.97 Å². The van der Waals surface area contributed by atoms with Gasteiger partial charge in [0.25, 0.3) is 0 Å². The summed E-state index contributed by atoms with van der Waals surface area (Å²) in [4.78, 5) is 16.3. The maximum atomic E-state index is 11.8. The van der Waals surface area contributed by atoms with E-state index in [0.29, 0.717) is 26.8 Å². The van der Waals surface area contributed by atoms with Gasteiger partial charge in [0.2, 0.25) is 0 Å². The summed E-state index contributed by atoms with van der Waals surface area (Å²) in [6.07, 6.45) is 0. The number of aromatic nitrogens is 1. The summed E-state index contributed by atoms with van der Waals surface area (Å²) in [5, 5.41) is 9.18. The highest BCUT2D eigenvalue weighted by molar-refractivity contribution is 7.17. The van der Waals surface area contributed by atoms with Gasteiger partial charge in [-0.1, -0.05) is 23.5 Å². The average Bonchev–Trinajstić information content (AvgIpc) is 2.81. The van der Waals surface area contributed by atoms with Crippen LogP contribution in [0.2, 0.25) is 0 Å². The molecule has 2 rings (SSSR count). The van der Waals surface area contributed by atoms with Crippen molar-refractivity contribution in [2.75, 3.05) is 12.3 Å². The molecule has 0 unspecified atom stereocenters. The molecule has 96 valence electrons. The maximum absolute atomic E-state index is 11.8. The lowest BCUT2D eigenvalue weighted by Gasteiger charge is -2.02. The smallest absolute Gasteiger partial charge is 0.350 e. The van der Waals surface area contributed by atoms with E-state index in [1.54, 1.807) is 31.2 Å². The van der Waals surface area contributed by atoms with Gasteiger partial charge in [0.05, 0.1) is 23.9 Å². The third kappa shape index (κ3) is 2.72. The Labute approximate surface area is 114 Å². The summed E-state index contributed by atoms with van der Waals surface area (Å²) < 4.78 is 4.97. The molecule has 2 aromatic rings. The lowest BCUT2D eigenvalue weighted by atomic mass is 10.1. The quantitative estimate of drug-likeness (QED) is 0.867. The molecule has 0 aliphatic rings. The summed E-state index contributed by atoms with van der Waals surface area (Å²) in [6, 6.07) is 8.90. The molecular formula is C13H11N3O2S. The topological polar surface area (TPSA) is 89.0 Å². The zero-order valence-electron chi connectivity index (χ0n) is 10.2. The van der Waals surface area contributed by atoms with E-state index in [1.807, 2.05) is 6.07 Å². The number of nitriles is 1. The highest BCUT2D eigenvalue weighted by Gasteiger charge is 2.19. The van der Waals surface area contributed by atoms with Gasteiger partial charge in [-0.25, -0.2) is 9.78 Å². The standard InChI is InChI=1S/C13H11N3O2S/c1-2-18-12(17)11-10(16-13(15)19-11)9-5-3-4-8(6-9)7-14/h3-6H,2H2,1H3,(H2,15,16). The van der Waals surface area contributed by atoms with Crippen molar-refractivity contribution >= 4 is 22.4 Å². The first-order valence-corrected chi connectivity index (χ1v) is 6.41. The van der Waals surface area contributed by atoms with Gasteiger partial charge in [0.15, 0.2) is 5.13 Å². The number of anilines is 1. The lowest BCUT2D eigenvalue weighted by Crippen LogP contribution is -2.04. The van der Waals surface area contributed by atoms with E-state index in [0.717, 1.165) is 11.3 Å². The molecule has 0 spiro atoms. The first-order valence-electron chi connectivity index (χ1n) is 5.59. The molecule has 1 aromatic heterocycles. The van der Waals surface area contributed by atoms with E-state index in [2.05, 4.69) is 4.98 Å². The van der Waals surface area contributed by atoms with Crippen LogP contribution >= 0.6 is 11.3 Å². The van der Waals surface area contributed by atoms with Crippen LogP contribution in [0, 0.1) is 11.3 Å². The largest absolute Gasteiger partial charge is 0.462 e. The molecule has 0 atom stereocenters. The number of hydrogen-bond donors (Lipinski definition) is 1. The van der Waals surface area contributed by atoms with Crippen LogP contribution < -0.4 is 5.73 Å². The molecule has 19 heavy (non-hydrogen) atoms. The number of nitrogen functional groups attached to an aromatic ring is 1. The van der Waals surface area contributed by atoms with E-state index in [9.17, 15) is 4.79 Å².